The summed E-state index contributed by atoms with van der Waals surface area (Å²) in [5, 5.41) is 0. The van der Waals surface area contributed by atoms with Crippen molar-refractivity contribution < 1.29 is 5.84 Å². The van der Waals surface area contributed by atoms with Crippen molar-refractivity contribution in [2.24, 2.45) is 0 Å². The van der Waals surface area contributed by atoms with E-state index < -0.39 is 0 Å². The summed E-state index contributed by atoms with van der Waals surface area (Å²) in [6, 6.07) is 0. The molecule has 0 aliphatic rings. The molecule has 0 saturated carbocycles. The topological polar surface area (TPSA) is 18.5 Å². The van der Waals surface area contributed by atoms with Gasteiger partial charge in [0.05, 0.1) is 0 Å². The number of rotatable bonds is 0. The molecule has 0 rings (SSSR count). The average molecular weight is 776 g/mol. The molecule has 0 saturated heterocycles. The van der Waals surface area contributed by atoms with Crippen LogP contribution < -0.4 is 0 Å². The molecule has 0 radical (unpaired) electrons. The van der Waals surface area contributed by atoms with Crippen LogP contribution in [0.3, 0.4) is 0 Å². The zero-order chi connectivity index (χ0) is 5.41. The van der Waals surface area contributed by atoms with Gasteiger partial charge in [-0.05, 0) is 0 Å². The van der Waals surface area contributed by atoms with Gasteiger partial charge in [0.1, 0.15) is 65.0 Å². The van der Waals surface area contributed by atoms with Crippen LogP contribution in [-0.4, -0.2) is 52.4 Å². The van der Waals surface area contributed by atoms with E-state index in [1.54, 1.807) is 0 Å². The Bertz CT molecular complexity index is 14.0. The fourth-order valence-corrected chi connectivity index (χ4v) is 0. The van der Waals surface area contributed by atoms with E-state index in [0.717, 1.165) is 0 Å². The number of hydrogen-bond donors (Lipinski definition) is 0. The summed E-state index contributed by atoms with van der Waals surface area (Å²) in [7, 11) is 0. The van der Waals surface area contributed by atoms with E-state index in [-0.39, 0.29) is 52.4 Å². The van der Waals surface area contributed by atoms with Crippen LogP contribution in [0.5, 0.6) is 0 Å². The van der Waals surface area contributed by atoms with Crippen LogP contribution in [0.1, 0.15) is 0 Å². The van der Waals surface area contributed by atoms with Gasteiger partial charge in [-0.1, -0.05) is 0 Å². The van der Waals surface area contributed by atoms with Crippen molar-refractivity contribution in [1.29, 1.82) is 0 Å². The van der Waals surface area contributed by atoms with Crippen LogP contribution in [0.25, 0.3) is 0 Å². The fourth-order valence-electron chi connectivity index (χ4n) is 0. The molecule has 0 bridgehead atoms. The van der Waals surface area contributed by atoms with Gasteiger partial charge in [-0.2, -0.15) is 0 Å². The molecule has 2 nitrogen and oxygen atoms in total. The quantitative estimate of drug-likeness (QED) is 0.341. The summed E-state index contributed by atoms with van der Waals surface area (Å²) in [5.74, 6) is 0. The van der Waals surface area contributed by atoms with Crippen molar-refractivity contribution in [3.63, 3.8) is 0 Å². The molecule has 0 aromatic heterocycles. The number of hydrogen-bond acceptors (Lipinski definition) is 2. The van der Waals surface area contributed by atoms with Gasteiger partial charge in [0.2, 0.25) is 0 Å². The first-order chi connectivity index (χ1) is 2.83. The Kier molecular flexibility index (Phi) is 87.8. The Morgan fingerprint density at radius 1 is 0.625 bits per heavy atom. The molecule has 0 aliphatic carbocycles. The van der Waals surface area contributed by atoms with Crippen LogP contribution in [-0.2, 0) is 5.84 Å². The Balaban J connectivity index is -0.0000000160. The van der Waals surface area contributed by atoms with Gasteiger partial charge in [0.25, 0.3) is 0 Å². The van der Waals surface area contributed by atoms with E-state index in [1.165, 1.54) is 0 Å². The van der Waals surface area contributed by atoms with E-state index in [2.05, 4.69) is 70.9 Å². The third-order valence-corrected chi connectivity index (χ3v) is 0. The summed E-state index contributed by atoms with van der Waals surface area (Å²) < 4.78 is 7.75. The summed E-state index contributed by atoms with van der Waals surface area (Å²) >= 11 is 10.2. The van der Waals surface area contributed by atoms with Gasteiger partial charge in [0, 0.05) is 0 Å². The maximum atomic E-state index is 3.88. The molecule has 0 amide bonds. The summed E-state index contributed by atoms with van der Waals surface area (Å²) in [4.78, 5) is 0. The summed E-state index contributed by atoms with van der Waals surface area (Å²) in [6.45, 7) is 0. The molecule has 0 fully saturated rings. The Morgan fingerprint density at radius 3 is 0.625 bits per heavy atom. The zero-order valence-corrected chi connectivity index (χ0v) is 21.1. The van der Waals surface area contributed by atoms with Gasteiger partial charge in [-0.15, -0.1) is 0 Å². The molecule has 0 heterocycles. The summed E-state index contributed by atoms with van der Waals surface area (Å²) in [5.41, 5.74) is 0. The molecule has 0 N–H and O–H groups in total. The van der Waals surface area contributed by atoms with Crippen molar-refractivity contribution >= 4 is 117 Å². The van der Waals surface area contributed by atoms with Crippen LogP contribution in [0.15, 0.2) is 0 Å². The maximum absolute atomic E-state index is 3.88. The minimum atomic E-state index is 0. The summed E-state index contributed by atoms with van der Waals surface area (Å²) in [6.07, 6.45) is 0. The normalized spacial score (nSPS) is 4.50. The van der Waals surface area contributed by atoms with E-state index in [4.69, 9.17) is 0 Å². The van der Waals surface area contributed by atoms with E-state index in [0.29, 0.717) is 0 Å². The van der Waals surface area contributed by atoms with Gasteiger partial charge >= 0.3 is 52.4 Å². The second-order valence-electron chi connectivity index (χ2n) is 0.117. The Labute approximate surface area is 121 Å². The van der Waals surface area contributed by atoms with E-state index in [1.807, 2.05) is 0 Å². The first-order valence-corrected chi connectivity index (χ1v) is 3.21. The van der Waals surface area contributed by atoms with Crippen molar-refractivity contribution in [2.75, 3.05) is 0 Å². The molecule has 0 unspecified atom stereocenters. The molecule has 56 valence electrons. The molecule has 0 spiro atoms. The van der Waals surface area contributed by atoms with Gasteiger partial charge < -0.3 is 0 Å². The molecule has 0 atom stereocenters. The third kappa shape index (κ3) is 54.7. The zero-order valence-electron chi connectivity index (χ0n) is 3.74. The first kappa shape index (κ1) is 22.6. The standard InChI is InChI=1S/2Bi.2Br2O.6H/c;;2*1-3-2;;;;;;. The predicted octanol–water partition coefficient (Wildman–Crippen LogP) is 0.878. The Hall–Kier alpha value is 3.61. The van der Waals surface area contributed by atoms with Crippen LogP contribution in [0.2, 0.25) is 0 Å². The minimum absolute atomic E-state index is 0. The van der Waals surface area contributed by atoms with E-state index >= 15 is 0 Å². The van der Waals surface area contributed by atoms with Crippen molar-refractivity contribution in [1.82, 2.24) is 0 Å². The second-order valence-corrected chi connectivity index (χ2v) is 3.15. The van der Waals surface area contributed by atoms with Crippen LogP contribution in [0.4, 0.5) is 0 Å². The fraction of sp³-hybridized carbons (Fsp3) is 0. The van der Waals surface area contributed by atoms with Crippen molar-refractivity contribution in [2.45, 2.75) is 0 Å². The molecular formula is H6Bi2Br4O2. The third-order valence-electron chi connectivity index (χ3n) is 0. The first-order valence-electron chi connectivity index (χ1n) is 0.617. The van der Waals surface area contributed by atoms with E-state index in [9.17, 15) is 0 Å². The second kappa shape index (κ2) is 31.1. The van der Waals surface area contributed by atoms with Gasteiger partial charge in [-0.25, -0.2) is 5.84 Å². The van der Waals surface area contributed by atoms with Crippen LogP contribution in [0, 0.1) is 0 Å². The molecule has 8 heavy (non-hydrogen) atoms. The molecule has 8 heteroatoms. The molecule has 0 aliphatic heterocycles. The SMILES string of the molecule is BrOBr.BrOBr.[BiH3].[BiH3]. The average Bonchev–Trinajstić information content (AvgIpc) is 1.39. The molecular weight excluding hydrogens is 770 g/mol. The van der Waals surface area contributed by atoms with Crippen molar-refractivity contribution in [3.05, 3.63) is 0 Å². The number of halogens is 4. The van der Waals surface area contributed by atoms with Crippen LogP contribution >= 0.6 is 65.0 Å². The Morgan fingerprint density at radius 2 is 0.625 bits per heavy atom. The van der Waals surface area contributed by atoms with Gasteiger partial charge in [-0.3, -0.25) is 0 Å². The molecule has 0 aromatic rings. The van der Waals surface area contributed by atoms with Crippen molar-refractivity contribution in [3.8, 4) is 0 Å². The molecule has 0 aromatic carbocycles. The monoisotopic (exact) mass is 772 g/mol. The predicted molar refractivity (Wildman–Crippen MR) is 57.8 cm³/mol. The van der Waals surface area contributed by atoms with Gasteiger partial charge in [0.15, 0.2) is 0 Å².